The Morgan fingerprint density at radius 2 is 1.96 bits per heavy atom. The number of nitrogen functional groups attached to an aromatic ring is 1. The number of aromatic nitrogens is 2. The maximum atomic E-state index is 11.5. The Kier molecular flexibility index (Phi) is 2.30. The Labute approximate surface area is 153 Å². The summed E-state index contributed by atoms with van der Waals surface area (Å²) in [4.78, 5) is 4.35. The molecule has 2 aromatic rings. The van der Waals surface area contributed by atoms with E-state index in [2.05, 4.69) is 33.8 Å². The van der Waals surface area contributed by atoms with E-state index in [0.29, 0.717) is 11.4 Å². The number of hydrogen-bond acceptors (Lipinski definition) is 3. The van der Waals surface area contributed by atoms with Gasteiger partial charge in [-0.15, -0.1) is 0 Å². The average Bonchev–Trinajstić information content (AvgIpc) is 3.31. The van der Waals surface area contributed by atoms with Gasteiger partial charge in [0.2, 0.25) is 5.95 Å². The van der Waals surface area contributed by atoms with Gasteiger partial charge in [-0.05, 0) is 72.7 Å². The third-order valence-electron chi connectivity index (χ3n) is 9.27. The van der Waals surface area contributed by atoms with Crippen molar-refractivity contribution in [2.75, 3.05) is 5.73 Å². The van der Waals surface area contributed by atoms with Gasteiger partial charge in [-0.2, -0.15) is 0 Å². The lowest BCUT2D eigenvalue weighted by molar-refractivity contribution is -0.179. The van der Waals surface area contributed by atoms with E-state index >= 15 is 0 Å². The first-order chi connectivity index (χ1) is 12.6. The largest absolute Gasteiger partial charge is 0.392 e. The second-order valence-electron chi connectivity index (χ2n) is 9.85. The van der Waals surface area contributed by atoms with Crippen molar-refractivity contribution >= 4 is 5.95 Å². The van der Waals surface area contributed by atoms with E-state index in [1.54, 1.807) is 0 Å². The van der Waals surface area contributed by atoms with Gasteiger partial charge in [0.05, 0.1) is 24.0 Å². The van der Waals surface area contributed by atoms with Crippen LogP contribution in [0, 0.1) is 28.6 Å². The van der Waals surface area contributed by atoms with Gasteiger partial charge in [0.25, 0.3) is 0 Å². The van der Waals surface area contributed by atoms with Crippen LogP contribution < -0.4 is 5.73 Å². The third-order valence-corrected chi connectivity index (χ3v) is 9.27. The summed E-state index contributed by atoms with van der Waals surface area (Å²) in [6.45, 7) is 0. The molecule has 1 aromatic heterocycles. The van der Waals surface area contributed by atoms with Crippen LogP contribution in [0.3, 0.4) is 0 Å². The lowest BCUT2D eigenvalue weighted by Gasteiger charge is -2.66. The summed E-state index contributed by atoms with van der Waals surface area (Å²) in [6, 6.07) is 8.65. The van der Waals surface area contributed by atoms with Crippen LogP contribution >= 0.6 is 0 Å². The molecule has 134 valence electrons. The number of nitrogens with zero attached hydrogens (tertiary/aromatic N) is 2. The highest BCUT2D eigenvalue weighted by molar-refractivity contribution is 5.71. The van der Waals surface area contributed by atoms with E-state index in [4.69, 9.17) is 5.73 Å². The second-order valence-corrected chi connectivity index (χ2v) is 9.85. The molecule has 4 nitrogen and oxygen atoms in total. The van der Waals surface area contributed by atoms with Crippen molar-refractivity contribution in [3.05, 3.63) is 36.0 Å². The second kappa shape index (κ2) is 4.19. The van der Waals surface area contributed by atoms with Crippen LogP contribution in [0.25, 0.3) is 11.3 Å². The van der Waals surface area contributed by atoms with Crippen molar-refractivity contribution in [2.24, 2.45) is 28.6 Å². The minimum atomic E-state index is -0.237. The molecule has 26 heavy (non-hydrogen) atoms. The van der Waals surface area contributed by atoms with Crippen molar-refractivity contribution in [1.82, 2.24) is 9.55 Å². The molecule has 2 heterocycles. The molecule has 2 bridgehead atoms. The quantitative estimate of drug-likeness (QED) is 0.891. The van der Waals surface area contributed by atoms with Gasteiger partial charge in [0, 0.05) is 5.56 Å². The summed E-state index contributed by atoms with van der Waals surface area (Å²) in [7, 11) is 0. The molecule has 1 spiro atoms. The Morgan fingerprint density at radius 1 is 1.19 bits per heavy atom. The molecule has 4 atom stereocenters. The third kappa shape index (κ3) is 1.34. The highest BCUT2D eigenvalue weighted by atomic mass is 16.3. The smallest absolute Gasteiger partial charge is 0.201 e. The van der Waals surface area contributed by atoms with Gasteiger partial charge in [0.1, 0.15) is 0 Å². The van der Waals surface area contributed by atoms with Gasteiger partial charge >= 0.3 is 0 Å². The van der Waals surface area contributed by atoms with Crippen molar-refractivity contribution in [3.63, 3.8) is 0 Å². The van der Waals surface area contributed by atoms with Crippen LogP contribution in [0.4, 0.5) is 5.95 Å². The maximum absolute atomic E-state index is 11.5. The minimum absolute atomic E-state index is 0.123. The molecule has 0 amide bonds. The SMILES string of the molecule is Nc1ncc2n1C(CC(O)C13CC4CC5CC(C1)C54C3)c1ccccc1-2. The highest BCUT2D eigenvalue weighted by Gasteiger charge is 2.78. The van der Waals surface area contributed by atoms with E-state index in [0.717, 1.165) is 29.9 Å². The van der Waals surface area contributed by atoms with E-state index in [1.807, 2.05) is 6.20 Å². The Hall–Kier alpha value is -1.81. The van der Waals surface area contributed by atoms with Crippen LogP contribution in [0.15, 0.2) is 30.5 Å². The number of aliphatic hydroxyl groups is 1. The topological polar surface area (TPSA) is 64.1 Å². The number of nitrogens with two attached hydrogens (primary N) is 1. The van der Waals surface area contributed by atoms with Gasteiger partial charge in [-0.1, -0.05) is 24.3 Å². The van der Waals surface area contributed by atoms with Crippen molar-refractivity contribution in [2.45, 2.75) is 50.7 Å². The number of fused-ring (bicyclic) bond motifs is 4. The van der Waals surface area contributed by atoms with E-state index in [9.17, 15) is 5.11 Å². The summed E-state index contributed by atoms with van der Waals surface area (Å²) in [6.07, 6.45) is 9.12. The van der Waals surface area contributed by atoms with E-state index in [1.165, 1.54) is 43.2 Å². The Morgan fingerprint density at radius 3 is 2.69 bits per heavy atom. The minimum Gasteiger partial charge on any atom is -0.392 e. The molecule has 1 aliphatic heterocycles. The van der Waals surface area contributed by atoms with Crippen LogP contribution in [0.1, 0.15) is 50.1 Å². The fourth-order valence-electron chi connectivity index (χ4n) is 8.28. The van der Waals surface area contributed by atoms with Crippen LogP contribution in [0.2, 0.25) is 0 Å². The van der Waals surface area contributed by atoms with Gasteiger partial charge in [-0.25, -0.2) is 4.98 Å². The fourth-order valence-corrected chi connectivity index (χ4v) is 8.28. The number of benzene rings is 1. The number of anilines is 1. The van der Waals surface area contributed by atoms with Gasteiger partial charge < -0.3 is 15.4 Å². The highest BCUT2D eigenvalue weighted by Crippen LogP contribution is 2.85. The molecular formula is C22H25N3O. The molecule has 4 heteroatoms. The molecule has 4 aliphatic carbocycles. The zero-order valence-electron chi connectivity index (χ0n) is 14.9. The maximum Gasteiger partial charge on any atom is 0.201 e. The first-order valence-corrected chi connectivity index (χ1v) is 10.2. The molecule has 4 saturated carbocycles. The lowest BCUT2D eigenvalue weighted by atomic mass is 9.38. The molecule has 0 radical (unpaired) electrons. The molecule has 4 fully saturated rings. The Balaban J connectivity index is 1.26. The molecular weight excluding hydrogens is 322 g/mol. The van der Waals surface area contributed by atoms with Crippen LogP contribution in [0.5, 0.6) is 0 Å². The zero-order valence-corrected chi connectivity index (χ0v) is 14.9. The van der Waals surface area contributed by atoms with Crippen molar-refractivity contribution in [1.29, 1.82) is 0 Å². The van der Waals surface area contributed by atoms with Crippen molar-refractivity contribution < 1.29 is 5.11 Å². The number of hydrogen-bond donors (Lipinski definition) is 2. The Bertz CT molecular complexity index is 931. The van der Waals surface area contributed by atoms with Crippen LogP contribution in [-0.2, 0) is 0 Å². The standard InChI is InChI=1S/C22H25N3O/c23-20-24-10-18-16-4-2-1-3-15(16)17(25(18)20)7-19(26)21-8-13-5-12-6-14(9-21)22(12,13)11-21/h1-4,10,12-14,17,19,26H,5-9,11H2,(H2,23,24). The zero-order chi connectivity index (χ0) is 17.3. The first-order valence-electron chi connectivity index (χ1n) is 10.2. The number of rotatable bonds is 3. The average molecular weight is 347 g/mol. The molecule has 4 unspecified atom stereocenters. The van der Waals surface area contributed by atoms with Gasteiger partial charge in [-0.3, -0.25) is 0 Å². The summed E-state index contributed by atoms with van der Waals surface area (Å²) in [5.74, 6) is 3.40. The predicted octanol–water partition coefficient (Wildman–Crippen LogP) is 3.61. The summed E-state index contributed by atoms with van der Waals surface area (Å²) < 4.78 is 2.15. The molecule has 0 saturated heterocycles. The molecule has 7 rings (SSSR count). The fraction of sp³-hybridized carbons (Fsp3) is 0.591. The number of aliphatic hydroxyl groups excluding tert-OH is 1. The lowest BCUT2D eigenvalue weighted by Crippen LogP contribution is -2.59. The van der Waals surface area contributed by atoms with Gasteiger partial charge in [0.15, 0.2) is 0 Å². The molecule has 5 aliphatic rings. The predicted molar refractivity (Wildman–Crippen MR) is 99.3 cm³/mol. The number of imidazole rings is 1. The monoisotopic (exact) mass is 347 g/mol. The molecule has 3 N–H and O–H groups in total. The van der Waals surface area contributed by atoms with E-state index < -0.39 is 0 Å². The molecule has 1 aromatic carbocycles. The normalized spacial score (nSPS) is 44.0. The van der Waals surface area contributed by atoms with E-state index in [-0.39, 0.29) is 17.6 Å². The van der Waals surface area contributed by atoms with Crippen molar-refractivity contribution in [3.8, 4) is 11.3 Å². The van der Waals surface area contributed by atoms with Crippen LogP contribution in [-0.4, -0.2) is 20.8 Å². The summed E-state index contributed by atoms with van der Waals surface area (Å²) >= 11 is 0. The summed E-state index contributed by atoms with van der Waals surface area (Å²) in [5, 5.41) is 11.5. The summed E-state index contributed by atoms with van der Waals surface area (Å²) in [5.41, 5.74) is 10.7. The first kappa shape index (κ1) is 14.3.